The molecule has 43 heavy (non-hydrogen) atoms. The summed E-state index contributed by atoms with van der Waals surface area (Å²) in [6, 6.07) is 8.05. The van der Waals surface area contributed by atoms with Gasteiger partial charge in [-0.15, -0.1) is 0 Å². The van der Waals surface area contributed by atoms with Crippen molar-refractivity contribution in [2.45, 2.75) is 91.3 Å². The fourth-order valence-electron chi connectivity index (χ4n) is 3.95. The average Bonchev–Trinajstić information content (AvgIpc) is 2.95. The van der Waals surface area contributed by atoms with Crippen LogP contribution in [-0.2, 0) is 28.7 Å². The zero-order valence-corrected chi connectivity index (χ0v) is 26.6. The number of ketones is 1. The first-order valence-corrected chi connectivity index (χ1v) is 14.8. The van der Waals surface area contributed by atoms with Crippen LogP contribution in [0.1, 0.15) is 85.3 Å². The quantitative estimate of drug-likeness (QED) is 0.157. The Balaban J connectivity index is 2.51. The SMILES string of the molecule is CCC(C)CC(NC(=O)CCCCN(C)C(=O)CNC(=O)OC(C)(C)C)C(=O)C(=O)NCC(=O)NC(C)c1ccccc1. The number of nitrogens with one attached hydrogen (secondary N) is 4. The first-order chi connectivity index (χ1) is 20.1. The van der Waals surface area contributed by atoms with Crippen LogP contribution < -0.4 is 21.3 Å². The molecule has 0 saturated carbocycles. The molecule has 0 radical (unpaired) electrons. The molecule has 1 aromatic carbocycles. The molecule has 0 aromatic heterocycles. The first-order valence-electron chi connectivity index (χ1n) is 14.8. The molecule has 3 unspecified atom stereocenters. The van der Waals surface area contributed by atoms with Crippen LogP contribution in [0.4, 0.5) is 4.79 Å². The van der Waals surface area contributed by atoms with E-state index >= 15 is 0 Å². The summed E-state index contributed by atoms with van der Waals surface area (Å²) < 4.78 is 5.11. The highest BCUT2D eigenvalue weighted by Crippen LogP contribution is 2.12. The molecule has 5 amide bonds. The van der Waals surface area contributed by atoms with E-state index < -0.39 is 35.3 Å². The van der Waals surface area contributed by atoms with Gasteiger partial charge in [-0.25, -0.2) is 4.79 Å². The summed E-state index contributed by atoms with van der Waals surface area (Å²) in [5.41, 5.74) is 0.239. The Hall–Kier alpha value is -3.96. The van der Waals surface area contributed by atoms with Gasteiger partial charge in [0.05, 0.1) is 18.6 Å². The number of alkyl carbamates (subject to hydrolysis) is 1. The fourth-order valence-corrected chi connectivity index (χ4v) is 3.95. The van der Waals surface area contributed by atoms with E-state index in [2.05, 4.69) is 21.3 Å². The number of carbonyl (C=O) groups excluding carboxylic acids is 6. The molecule has 0 heterocycles. The molecule has 0 spiro atoms. The van der Waals surface area contributed by atoms with E-state index in [0.29, 0.717) is 19.4 Å². The van der Waals surface area contributed by atoms with Gasteiger partial charge in [0, 0.05) is 20.0 Å². The van der Waals surface area contributed by atoms with Crippen LogP contribution >= 0.6 is 0 Å². The lowest BCUT2D eigenvalue weighted by Crippen LogP contribution is -2.49. The third-order valence-corrected chi connectivity index (χ3v) is 6.65. The number of Topliss-reactive ketones (excluding diaryl/α,β-unsaturated/α-hetero) is 1. The number of ether oxygens (including phenoxy) is 1. The van der Waals surface area contributed by atoms with E-state index in [1.807, 2.05) is 51.1 Å². The number of benzene rings is 1. The van der Waals surface area contributed by atoms with E-state index in [0.717, 1.165) is 12.0 Å². The van der Waals surface area contributed by atoms with Crippen molar-refractivity contribution >= 4 is 35.5 Å². The number of carbonyl (C=O) groups is 6. The highest BCUT2D eigenvalue weighted by Gasteiger charge is 2.28. The zero-order chi connectivity index (χ0) is 32.6. The number of amides is 5. The van der Waals surface area contributed by atoms with Crippen molar-refractivity contribution in [1.29, 1.82) is 0 Å². The molecule has 0 aliphatic carbocycles. The summed E-state index contributed by atoms with van der Waals surface area (Å²) >= 11 is 0. The normalized spacial score (nSPS) is 13.1. The van der Waals surface area contributed by atoms with E-state index in [9.17, 15) is 28.8 Å². The van der Waals surface area contributed by atoms with Crippen molar-refractivity contribution in [1.82, 2.24) is 26.2 Å². The Morgan fingerprint density at radius 2 is 1.53 bits per heavy atom. The molecular formula is C31H49N5O7. The zero-order valence-electron chi connectivity index (χ0n) is 26.6. The lowest BCUT2D eigenvalue weighted by atomic mass is 9.96. The predicted molar refractivity (Wildman–Crippen MR) is 163 cm³/mol. The predicted octanol–water partition coefficient (Wildman–Crippen LogP) is 2.62. The minimum atomic E-state index is -1.02. The van der Waals surface area contributed by atoms with Crippen LogP contribution in [0.2, 0.25) is 0 Å². The van der Waals surface area contributed by atoms with Crippen LogP contribution in [0.5, 0.6) is 0 Å². The second kappa shape index (κ2) is 18.6. The van der Waals surface area contributed by atoms with Gasteiger partial charge < -0.3 is 30.9 Å². The Kier molecular flexibility index (Phi) is 16.0. The standard InChI is InChI=1S/C31H49N5O7/c1-8-21(2)18-24(28(40)29(41)32-19-26(38)34-22(3)23-14-10-9-11-15-23)35-25(37)16-12-13-17-36(7)27(39)20-33-30(42)43-31(4,5)6/h9-11,14-15,21-22,24H,8,12-13,16-20H2,1-7H3,(H,32,41)(H,33,42)(H,34,38)(H,35,37). The third kappa shape index (κ3) is 15.7. The molecule has 0 saturated heterocycles. The number of unbranched alkanes of at least 4 members (excludes halogenated alkanes) is 1. The molecule has 12 nitrogen and oxygen atoms in total. The monoisotopic (exact) mass is 603 g/mol. The van der Waals surface area contributed by atoms with E-state index in [4.69, 9.17) is 4.74 Å². The first kappa shape index (κ1) is 37.1. The molecule has 0 aliphatic heterocycles. The van der Waals surface area contributed by atoms with Crippen LogP contribution in [0.3, 0.4) is 0 Å². The van der Waals surface area contributed by atoms with Crippen LogP contribution in [-0.4, -0.2) is 78.7 Å². The molecule has 0 fully saturated rings. The molecule has 4 N–H and O–H groups in total. The van der Waals surface area contributed by atoms with Gasteiger partial charge in [0.1, 0.15) is 12.1 Å². The number of hydrogen-bond donors (Lipinski definition) is 4. The average molecular weight is 604 g/mol. The molecule has 1 aromatic rings. The van der Waals surface area contributed by atoms with E-state index in [1.165, 1.54) is 4.90 Å². The van der Waals surface area contributed by atoms with Crippen LogP contribution in [0.15, 0.2) is 30.3 Å². The second-order valence-electron chi connectivity index (χ2n) is 11.7. The molecule has 240 valence electrons. The second-order valence-corrected chi connectivity index (χ2v) is 11.7. The number of nitrogens with zero attached hydrogens (tertiary/aromatic N) is 1. The summed E-state index contributed by atoms with van der Waals surface area (Å²) in [6.45, 7) is 10.7. The van der Waals surface area contributed by atoms with Gasteiger partial charge in [-0.1, -0.05) is 50.6 Å². The topological polar surface area (TPSA) is 163 Å². The largest absolute Gasteiger partial charge is 0.444 e. The maximum absolute atomic E-state index is 12.9. The molecular weight excluding hydrogens is 554 g/mol. The van der Waals surface area contributed by atoms with Gasteiger partial charge in [-0.3, -0.25) is 24.0 Å². The smallest absolute Gasteiger partial charge is 0.408 e. The highest BCUT2D eigenvalue weighted by molar-refractivity contribution is 6.38. The minimum Gasteiger partial charge on any atom is -0.444 e. The Bertz CT molecular complexity index is 1090. The van der Waals surface area contributed by atoms with Gasteiger partial charge >= 0.3 is 6.09 Å². The van der Waals surface area contributed by atoms with Gasteiger partial charge in [0.15, 0.2) is 0 Å². The summed E-state index contributed by atoms with van der Waals surface area (Å²) in [4.78, 5) is 75.9. The Morgan fingerprint density at radius 3 is 2.14 bits per heavy atom. The molecule has 0 aliphatic rings. The van der Waals surface area contributed by atoms with Crippen molar-refractivity contribution in [2.24, 2.45) is 5.92 Å². The fraction of sp³-hybridized carbons (Fsp3) is 0.613. The highest BCUT2D eigenvalue weighted by atomic mass is 16.6. The Morgan fingerprint density at radius 1 is 0.884 bits per heavy atom. The number of rotatable bonds is 17. The van der Waals surface area contributed by atoms with E-state index in [-0.39, 0.29) is 49.7 Å². The Labute approximate surface area is 255 Å². The van der Waals surface area contributed by atoms with Crippen LogP contribution in [0.25, 0.3) is 0 Å². The van der Waals surface area contributed by atoms with Crippen molar-refractivity contribution in [3.05, 3.63) is 35.9 Å². The summed E-state index contributed by atoms with van der Waals surface area (Å²) in [5.74, 6) is -2.79. The van der Waals surface area contributed by atoms with Crippen molar-refractivity contribution in [2.75, 3.05) is 26.7 Å². The maximum atomic E-state index is 12.9. The van der Waals surface area contributed by atoms with Gasteiger partial charge in [0.25, 0.3) is 5.91 Å². The summed E-state index contributed by atoms with van der Waals surface area (Å²) in [6.07, 6.45) is 1.42. The lowest BCUT2D eigenvalue weighted by Gasteiger charge is -2.21. The van der Waals surface area contributed by atoms with Crippen LogP contribution in [0, 0.1) is 5.92 Å². The minimum absolute atomic E-state index is 0.0750. The van der Waals surface area contributed by atoms with Gasteiger partial charge in [-0.2, -0.15) is 0 Å². The molecule has 3 atom stereocenters. The van der Waals surface area contributed by atoms with Gasteiger partial charge in [-0.05, 0) is 58.4 Å². The third-order valence-electron chi connectivity index (χ3n) is 6.65. The molecule has 12 heteroatoms. The summed E-state index contributed by atoms with van der Waals surface area (Å²) in [5, 5.41) is 10.2. The molecule has 0 bridgehead atoms. The summed E-state index contributed by atoms with van der Waals surface area (Å²) in [7, 11) is 1.60. The number of hydrogen-bond acceptors (Lipinski definition) is 7. The van der Waals surface area contributed by atoms with Crippen molar-refractivity contribution < 1.29 is 33.5 Å². The van der Waals surface area contributed by atoms with Gasteiger partial charge in [0.2, 0.25) is 23.5 Å². The molecule has 1 rings (SSSR count). The lowest BCUT2D eigenvalue weighted by molar-refractivity contribution is -0.141. The number of likely N-dealkylation sites (N-methyl/N-ethyl adjacent to an activating group) is 1. The van der Waals surface area contributed by atoms with Crippen molar-refractivity contribution in [3.8, 4) is 0 Å². The maximum Gasteiger partial charge on any atom is 0.408 e. The van der Waals surface area contributed by atoms with E-state index in [1.54, 1.807) is 27.8 Å². The van der Waals surface area contributed by atoms with Crippen molar-refractivity contribution in [3.63, 3.8) is 0 Å².